The summed E-state index contributed by atoms with van der Waals surface area (Å²) in [5.41, 5.74) is 1.33. The maximum atomic E-state index is 3.58. The van der Waals surface area contributed by atoms with Gasteiger partial charge < -0.3 is 10.6 Å². The Morgan fingerprint density at radius 3 is 2.76 bits per heavy atom. The van der Waals surface area contributed by atoms with Gasteiger partial charge in [0.1, 0.15) is 0 Å². The van der Waals surface area contributed by atoms with Crippen LogP contribution in [-0.2, 0) is 6.54 Å². The molecular formula is C13H20BrIN2. The van der Waals surface area contributed by atoms with Crippen molar-refractivity contribution in [1.82, 2.24) is 10.6 Å². The van der Waals surface area contributed by atoms with Crippen LogP contribution in [0.25, 0.3) is 0 Å². The average molecular weight is 411 g/mol. The molecule has 1 aromatic carbocycles. The van der Waals surface area contributed by atoms with Crippen molar-refractivity contribution < 1.29 is 0 Å². The van der Waals surface area contributed by atoms with Gasteiger partial charge >= 0.3 is 0 Å². The summed E-state index contributed by atoms with van der Waals surface area (Å²) in [7, 11) is 0. The second-order valence-electron chi connectivity index (χ2n) is 4.37. The third kappa shape index (κ3) is 6.74. The fraction of sp³-hybridized carbons (Fsp3) is 0.538. The van der Waals surface area contributed by atoms with Gasteiger partial charge in [0.15, 0.2) is 0 Å². The van der Waals surface area contributed by atoms with Crippen LogP contribution in [0.2, 0.25) is 0 Å². The van der Waals surface area contributed by atoms with Crippen LogP contribution in [0.15, 0.2) is 22.7 Å². The Labute approximate surface area is 126 Å². The van der Waals surface area contributed by atoms with Crippen molar-refractivity contribution in [3.8, 4) is 0 Å². The second kappa shape index (κ2) is 8.45. The fourth-order valence-corrected chi connectivity index (χ4v) is 2.45. The molecule has 0 aliphatic rings. The molecule has 17 heavy (non-hydrogen) atoms. The Bertz CT molecular complexity index is 342. The predicted molar refractivity (Wildman–Crippen MR) is 86.3 cm³/mol. The molecule has 0 bridgehead atoms. The van der Waals surface area contributed by atoms with E-state index in [4.69, 9.17) is 0 Å². The van der Waals surface area contributed by atoms with E-state index in [-0.39, 0.29) is 0 Å². The maximum absolute atomic E-state index is 3.58. The molecule has 4 heteroatoms. The average Bonchev–Trinajstić information content (AvgIpc) is 2.27. The minimum atomic E-state index is 0.583. The molecule has 2 nitrogen and oxygen atoms in total. The van der Waals surface area contributed by atoms with E-state index in [9.17, 15) is 0 Å². The van der Waals surface area contributed by atoms with E-state index in [2.05, 4.69) is 81.2 Å². The molecule has 0 unspecified atom stereocenters. The Kier molecular flexibility index (Phi) is 7.66. The van der Waals surface area contributed by atoms with Crippen LogP contribution in [0.3, 0.4) is 0 Å². The molecule has 0 aromatic heterocycles. The normalized spacial score (nSPS) is 11.1. The van der Waals surface area contributed by atoms with E-state index in [0.717, 1.165) is 19.6 Å². The maximum Gasteiger partial charge on any atom is 0.0220 e. The summed E-state index contributed by atoms with van der Waals surface area (Å²) in [6.45, 7) is 7.42. The first-order valence-electron chi connectivity index (χ1n) is 5.97. The Morgan fingerprint density at radius 2 is 2.06 bits per heavy atom. The molecule has 2 N–H and O–H groups in total. The quantitative estimate of drug-likeness (QED) is 0.530. The van der Waals surface area contributed by atoms with Gasteiger partial charge in [-0.25, -0.2) is 0 Å². The van der Waals surface area contributed by atoms with Crippen LogP contribution in [0, 0.1) is 3.57 Å². The van der Waals surface area contributed by atoms with Gasteiger partial charge in [0, 0.05) is 20.6 Å². The Morgan fingerprint density at radius 1 is 1.29 bits per heavy atom. The molecular weight excluding hydrogens is 391 g/mol. The van der Waals surface area contributed by atoms with Crippen molar-refractivity contribution in [2.75, 3.05) is 13.1 Å². The van der Waals surface area contributed by atoms with Crippen molar-refractivity contribution >= 4 is 38.5 Å². The molecule has 96 valence electrons. The third-order valence-corrected chi connectivity index (χ3v) is 3.85. The first kappa shape index (κ1) is 15.4. The van der Waals surface area contributed by atoms with Crippen molar-refractivity contribution in [2.24, 2.45) is 0 Å². The van der Waals surface area contributed by atoms with E-state index in [1.54, 1.807) is 0 Å². The topological polar surface area (TPSA) is 24.1 Å². The fourth-order valence-electron chi connectivity index (χ4n) is 1.51. The minimum Gasteiger partial charge on any atom is -0.314 e. The molecule has 0 radical (unpaired) electrons. The zero-order valence-corrected chi connectivity index (χ0v) is 14.1. The molecule has 1 rings (SSSR count). The summed E-state index contributed by atoms with van der Waals surface area (Å²) in [5.74, 6) is 0. The van der Waals surface area contributed by atoms with Crippen LogP contribution in [0.5, 0.6) is 0 Å². The van der Waals surface area contributed by atoms with Crippen LogP contribution in [0.1, 0.15) is 25.8 Å². The number of halogens is 2. The highest BCUT2D eigenvalue weighted by Gasteiger charge is 2.00. The van der Waals surface area contributed by atoms with Gasteiger partial charge in [-0.15, -0.1) is 0 Å². The van der Waals surface area contributed by atoms with Crippen LogP contribution >= 0.6 is 38.5 Å². The van der Waals surface area contributed by atoms with Gasteiger partial charge in [-0.1, -0.05) is 29.8 Å². The SMILES string of the molecule is CC(C)NCCCNCc1cc(I)ccc1Br. The number of hydrogen-bond donors (Lipinski definition) is 2. The lowest BCUT2D eigenvalue weighted by molar-refractivity contribution is 0.547. The highest BCUT2D eigenvalue weighted by molar-refractivity contribution is 14.1. The summed E-state index contributed by atoms with van der Waals surface area (Å²) in [4.78, 5) is 0. The highest BCUT2D eigenvalue weighted by atomic mass is 127. The van der Waals surface area contributed by atoms with E-state index in [1.807, 2.05) is 0 Å². The summed E-state index contributed by atoms with van der Waals surface area (Å²) in [6, 6.07) is 7.02. The summed E-state index contributed by atoms with van der Waals surface area (Å²) in [6.07, 6.45) is 1.17. The van der Waals surface area contributed by atoms with Gasteiger partial charge in [-0.05, 0) is 65.9 Å². The Balaban J connectivity index is 2.20. The van der Waals surface area contributed by atoms with Crippen LogP contribution in [0.4, 0.5) is 0 Å². The first-order valence-corrected chi connectivity index (χ1v) is 7.85. The minimum absolute atomic E-state index is 0.583. The lowest BCUT2D eigenvalue weighted by atomic mass is 10.2. The number of nitrogens with one attached hydrogen (secondary N) is 2. The molecule has 0 atom stereocenters. The molecule has 0 aliphatic heterocycles. The monoisotopic (exact) mass is 410 g/mol. The van der Waals surface area contributed by atoms with Gasteiger partial charge in [-0.2, -0.15) is 0 Å². The van der Waals surface area contributed by atoms with Crippen molar-refractivity contribution in [3.63, 3.8) is 0 Å². The van der Waals surface area contributed by atoms with Crippen molar-refractivity contribution in [2.45, 2.75) is 32.9 Å². The van der Waals surface area contributed by atoms with E-state index in [1.165, 1.54) is 20.0 Å². The van der Waals surface area contributed by atoms with Gasteiger partial charge in [0.2, 0.25) is 0 Å². The van der Waals surface area contributed by atoms with Crippen LogP contribution in [-0.4, -0.2) is 19.1 Å². The van der Waals surface area contributed by atoms with Gasteiger partial charge in [-0.3, -0.25) is 0 Å². The lowest BCUT2D eigenvalue weighted by Gasteiger charge is -2.09. The predicted octanol–water partition coefficient (Wildman–Crippen LogP) is 3.53. The summed E-state index contributed by atoms with van der Waals surface area (Å²) in [5, 5.41) is 6.88. The zero-order valence-electron chi connectivity index (χ0n) is 10.4. The largest absolute Gasteiger partial charge is 0.314 e. The molecule has 0 saturated heterocycles. The second-order valence-corrected chi connectivity index (χ2v) is 6.47. The zero-order chi connectivity index (χ0) is 12.7. The van der Waals surface area contributed by atoms with E-state index >= 15 is 0 Å². The first-order chi connectivity index (χ1) is 8.09. The van der Waals surface area contributed by atoms with E-state index in [0.29, 0.717) is 6.04 Å². The van der Waals surface area contributed by atoms with Gasteiger partial charge in [0.05, 0.1) is 0 Å². The number of hydrogen-bond acceptors (Lipinski definition) is 2. The van der Waals surface area contributed by atoms with Crippen molar-refractivity contribution in [3.05, 3.63) is 31.8 Å². The molecule has 0 fully saturated rings. The van der Waals surface area contributed by atoms with Crippen molar-refractivity contribution in [1.29, 1.82) is 0 Å². The molecule has 0 saturated carbocycles. The number of rotatable bonds is 7. The summed E-state index contributed by atoms with van der Waals surface area (Å²) >= 11 is 5.92. The van der Waals surface area contributed by atoms with Gasteiger partial charge in [0.25, 0.3) is 0 Å². The third-order valence-electron chi connectivity index (χ3n) is 2.41. The Hall–Kier alpha value is 0.350. The lowest BCUT2D eigenvalue weighted by Crippen LogP contribution is -2.26. The molecule has 1 aromatic rings. The molecule has 0 heterocycles. The number of benzene rings is 1. The van der Waals surface area contributed by atoms with Crippen LogP contribution < -0.4 is 10.6 Å². The molecule has 0 amide bonds. The molecule has 0 aliphatic carbocycles. The standard InChI is InChI=1S/C13H20BrIN2/c1-10(2)17-7-3-6-16-9-11-8-12(15)4-5-13(11)14/h4-5,8,10,16-17H,3,6-7,9H2,1-2H3. The molecule has 0 spiro atoms. The summed E-state index contributed by atoms with van der Waals surface area (Å²) < 4.78 is 2.47. The van der Waals surface area contributed by atoms with E-state index < -0.39 is 0 Å². The highest BCUT2D eigenvalue weighted by Crippen LogP contribution is 2.19. The smallest absolute Gasteiger partial charge is 0.0220 e.